The summed E-state index contributed by atoms with van der Waals surface area (Å²) in [6, 6.07) is 36.4. The second-order valence-corrected chi connectivity index (χ2v) is 17.7. The van der Waals surface area contributed by atoms with Crippen LogP contribution in [0.4, 0.5) is 0 Å². The zero-order valence-electron chi connectivity index (χ0n) is 24.0. The van der Waals surface area contributed by atoms with Gasteiger partial charge in [-0.15, -0.1) is 0 Å². The average molecular weight is 748 g/mol. The largest absolute Gasteiger partial charge is 0.254 e. The summed E-state index contributed by atoms with van der Waals surface area (Å²) >= 11 is -1.75. The SMILES string of the molecule is [Cl][Ru]([Cl])[Cl].c1cnc2c(c1)ccc1cccnc12.c1cnc2c(c1)ccc1cccnc12.c1cnc2c(c1)ccc1cccnc12. The Balaban J connectivity index is 0.000000114. The number of rotatable bonds is 0. The fraction of sp³-hybridized carbons (Fsp3) is 0. The topological polar surface area (TPSA) is 77.3 Å². The summed E-state index contributed by atoms with van der Waals surface area (Å²) in [5, 5.41) is 6.83. The number of aromatic nitrogens is 6. The molecule has 3 aromatic carbocycles. The van der Waals surface area contributed by atoms with Crippen LogP contribution in [0.25, 0.3) is 65.4 Å². The van der Waals surface area contributed by atoms with E-state index in [-0.39, 0.29) is 0 Å². The third-order valence-corrected chi connectivity index (χ3v) is 7.03. The summed E-state index contributed by atoms with van der Waals surface area (Å²) in [5.41, 5.74) is 5.86. The monoisotopic (exact) mass is 747 g/mol. The molecule has 0 N–H and O–H groups in total. The van der Waals surface area contributed by atoms with Crippen molar-refractivity contribution in [2.24, 2.45) is 0 Å². The van der Waals surface area contributed by atoms with E-state index in [4.69, 9.17) is 29.1 Å². The van der Waals surface area contributed by atoms with Crippen LogP contribution in [-0.2, 0) is 13.0 Å². The zero-order valence-corrected chi connectivity index (χ0v) is 28.0. The van der Waals surface area contributed by atoms with Crippen LogP contribution in [0.3, 0.4) is 0 Å². The summed E-state index contributed by atoms with van der Waals surface area (Å²) in [6.07, 6.45) is 10.8. The normalized spacial score (nSPS) is 10.9. The van der Waals surface area contributed by atoms with Gasteiger partial charge in [0, 0.05) is 69.5 Å². The van der Waals surface area contributed by atoms with Crippen molar-refractivity contribution in [3.8, 4) is 0 Å². The fourth-order valence-corrected chi connectivity index (χ4v) is 5.04. The zero-order chi connectivity index (χ0) is 31.7. The Labute approximate surface area is 282 Å². The molecule has 0 aliphatic carbocycles. The van der Waals surface area contributed by atoms with E-state index in [9.17, 15) is 0 Å². The van der Waals surface area contributed by atoms with Crippen molar-refractivity contribution in [1.29, 1.82) is 0 Å². The van der Waals surface area contributed by atoms with E-state index >= 15 is 0 Å². The quantitative estimate of drug-likeness (QED) is 0.114. The van der Waals surface area contributed by atoms with Gasteiger partial charge in [-0.3, -0.25) is 29.9 Å². The third kappa shape index (κ3) is 7.52. The van der Waals surface area contributed by atoms with Gasteiger partial charge in [-0.05, 0) is 36.4 Å². The van der Waals surface area contributed by atoms with E-state index in [1.807, 2.05) is 36.4 Å². The molecule has 0 amide bonds. The fourth-order valence-electron chi connectivity index (χ4n) is 5.04. The van der Waals surface area contributed by atoms with Gasteiger partial charge in [-0.1, -0.05) is 72.8 Å². The number of halogens is 3. The van der Waals surface area contributed by atoms with Crippen LogP contribution in [0.2, 0.25) is 0 Å². The summed E-state index contributed by atoms with van der Waals surface area (Å²) in [5.74, 6) is 0. The molecule has 6 nitrogen and oxygen atoms in total. The molecule has 0 aliphatic rings. The van der Waals surface area contributed by atoms with Crippen molar-refractivity contribution >= 4 is 94.5 Å². The number of hydrogen-bond donors (Lipinski definition) is 0. The molecule has 9 aromatic rings. The Morgan fingerprint density at radius 2 is 0.435 bits per heavy atom. The summed E-state index contributed by atoms with van der Waals surface area (Å²) in [4.78, 5) is 26.1. The van der Waals surface area contributed by atoms with Crippen LogP contribution in [0.5, 0.6) is 0 Å². The molecule has 0 fully saturated rings. The number of pyridine rings is 6. The van der Waals surface area contributed by atoms with Crippen LogP contribution in [-0.4, -0.2) is 29.9 Å². The first-order chi connectivity index (χ1) is 22.6. The van der Waals surface area contributed by atoms with Crippen LogP contribution in [0.15, 0.2) is 146 Å². The summed E-state index contributed by atoms with van der Waals surface area (Å²) in [6.45, 7) is 0. The Morgan fingerprint density at radius 3 is 0.587 bits per heavy atom. The summed E-state index contributed by atoms with van der Waals surface area (Å²) in [7, 11) is 14.8. The molecule has 0 saturated heterocycles. The number of fused-ring (bicyclic) bond motifs is 9. The van der Waals surface area contributed by atoms with Crippen molar-refractivity contribution in [3.63, 3.8) is 0 Å². The maximum atomic E-state index is 4.95. The molecular weight excluding hydrogens is 724 g/mol. The molecule has 6 heterocycles. The van der Waals surface area contributed by atoms with Gasteiger partial charge in [0.15, 0.2) is 0 Å². The van der Waals surface area contributed by atoms with Gasteiger partial charge in [0.2, 0.25) is 0 Å². The van der Waals surface area contributed by atoms with Crippen LogP contribution in [0, 0.1) is 0 Å². The first-order valence-electron chi connectivity index (χ1n) is 14.0. The molecule has 10 heteroatoms. The van der Waals surface area contributed by atoms with Gasteiger partial charge in [0.25, 0.3) is 0 Å². The second-order valence-electron chi connectivity index (χ2n) is 9.80. The molecule has 227 valence electrons. The smallest absolute Gasteiger partial charge is 0.0964 e. The maximum absolute atomic E-state index is 4.95. The van der Waals surface area contributed by atoms with E-state index < -0.39 is 13.0 Å². The molecule has 0 unspecified atom stereocenters. The van der Waals surface area contributed by atoms with Gasteiger partial charge >= 0.3 is 42.1 Å². The molecule has 0 aliphatic heterocycles. The van der Waals surface area contributed by atoms with E-state index in [1.54, 1.807) is 37.2 Å². The minimum atomic E-state index is -1.75. The van der Waals surface area contributed by atoms with Crippen LogP contribution in [0.1, 0.15) is 0 Å². The minimum absolute atomic E-state index is 0.977. The van der Waals surface area contributed by atoms with Crippen LogP contribution < -0.4 is 0 Å². The molecular formula is C36H24Cl3N6Ru. The average Bonchev–Trinajstić information content (AvgIpc) is 3.12. The van der Waals surface area contributed by atoms with Gasteiger partial charge in [-0.25, -0.2) is 0 Å². The molecule has 9 rings (SSSR count). The summed E-state index contributed by atoms with van der Waals surface area (Å²) < 4.78 is 0. The molecule has 46 heavy (non-hydrogen) atoms. The van der Waals surface area contributed by atoms with Crippen LogP contribution >= 0.6 is 29.1 Å². The van der Waals surface area contributed by atoms with E-state index in [0.29, 0.717) is 0 Å². The first-order valence-corrected chi connectivity index (χ1v) is 20.7. The van der Waals surface area contributed by atoms with Crippen molar-refractivity contribution in [1.82, 2.24) is 29.9 Å². The Hall–Kier alpha value is -4.39. The van der Waals surface area contributed by atoms with Gasteiger partial charge in [0.1, 0.15) is 0 Å². The molecule has 0 bridgehead atoms. The van der Waals surface area contributed by atoms with E-state index in [2.05, 4.69) is 103 Å². The number of hydrogen-bond acceptors (Lipinski definition) is 6. The van der Waals surface area contributed by atoms with Gasteiger partial charge < -0.3 is 0 Å². The molecule has 0 spiro atoms. The molecule has 0 atom stereocenters. The van der Waals surface area contributed by atoms with Crippen molar-refractivity contribution in [3.05, 3.63) is 146 Å². The Morgan fingerprint density at radius 1 is 0.283 bits per heavy atom. The van der Waals surface area contributed by atoms with E-state index in [1.165, 1.54) is 0 Å². The minimum Gasteiger partial charge on any atom is -0.254 e. The third-order valence-electron chi connectivity index (χ3n) is 7.03. The number of benzene rings is 3. The van der Waals surface area contributed by atoms with Crippen molar-refractivity contribution in [2.45, 2.75) is 0 Å². The van der Waals surface area contributed by atoms with E-state index in [0.717, 1.165) is 65.4 Å². The number of nitrogens with zero attached hydrogens (tertiary/aromatic N) is 6. The maximum Gasteiger partial charge on any atom is 0.0964 e. The molecule has 6 aromatic heterocycles. The van der Waals surface area contributed by atoms with Gasteiger partial charge in [-0.2, -0.15) is 0 Å². The predicted molar refractivity (Wildman–Crippen MR) is 189 cm³/mol. The first kappa shape index (κ1) is 31.6. The van der Waals surface area contributed by atoms with Crippen molar-refractivity contribution < 1.29 is 13.0 Å². The standard InChI is InChI=1S/3C12H8N2.3ClH.Ru/c3*1-3-9-5-6-10-4-2-8-14-12(10)11(9)13-7-1;;;;/h3*1-8H;3*1H;/q;;;;;;+3/p-3. The van der Waals surface area contributed by atoms with Crippen molar-refractivity contribution in [2.75, 3.05) is 0 Å². The molecule has 0 radical (unpaired) electrons. The van der Waals surface area contributed by atoms with Gasteiger partial charge in [0.05, 0.1) is 33.1 Å². The Bertz CT molecular complexity index is 1980. The Kier molecular flexibility index (Phi) is 10.5. The second kappa shape index (κ2) is 15.3. The predicted octanol–water partition coefficient (Wildman–Crippen LogP) is 10.4. The molecule has 0 saturated carbocycles.